The van der Waals surface area contributed by atoms with E-state index in [1.54, 1.807) is 24.3 Å². The summed E-state index contributed by atoms with van der Waals surface area (Å²) in [5.74, 6) is 0.124. The molecule has 0 bridgehead atoms. The topological polar surface area (TPSA) is 59.2 Å². The zero-order chi connectivity index (χ0) is 13.0. The molecule has 0 saturated carbocycles. The molecular weight excluding hydrogens is 214 g/mol. The molecule has 2 atom stereocenters. The third-order valence-electron chi connectivity index (χ3n) is 3.12. The minimum absolute atomic E-state index is 0.00954. The summed E-state index contributed by atoms with van der Waals surface area (Å²) in [6.07, 6.45) is 3.46. The van der Waals surface area contributed by atoms with E-state index in [1.165, 1.54) is 0 Å². The van der Waals surface area contributed by atoms with E-state index >= 15 is 0 Å². The van der Waals surface area contributed by atoms with Gasteiger partial charge in [0, 0.05) is 19.4 Å². The van der Waals surface area contributed by atoms with Gasteiger partial charge in [0.25, 0.3) is 0 Å². The lowest BCUT2D eigenvalue weighted by Gasteiger charge is -2.29. The Morgan fingerprint density at radius 2 is 1.82 bits per heavy atom. The highest BCUT2D eigenvalue weighted by Gasteiger charge is 2.24. The molecule has 4 heteroatoms. The van der Waals surface area contributed by atoms with E-state index in [-0.39, 0.29) is 17.9 Å². The Balaban J connectivity index is 2.77. The van der Waals surface area contributed by atoms with Crippen molar-refractivity contribution in [1.29, 1.82) is 0 Å². The van der Waals surface area contributed by atoms with Gasteiger partial charge in [0.15, 0.2) is 0 Å². The van der Waals surface area contributed by atoms with Crippen LogP contribution in [0.4, 0.5) is 0 Å². The van der Waals surface area contributed by atoms with E-state index < -0.39 is 6.04 Å². The monoisotopic (exact) mass is 235 g/mol. The molecule has 2 unspecified atom stereocenters. The van der Waals surface area contributed by atoms with Gasteiger partial charge in [-0.2, -0.15) is 0 Å². The van der Waals surface area contributed by atoms with Crippen molar-refractivity contribution < 1.29 is 4.79 Å². The lowest BCUT2D eigenvalue weighted by atomic mass is 10.0. The number of hydrogen-bond acceptors (Lipinski definition) is 3. The predicted octanol–water partition coefficient (Wildman–Crippen LogP) is 1.58. The number of nitrogens with two attached hydrogens (primary N) is 1. The number of amides is 1. The van der Waals surface area contributed by atoms with Crippen LogP contribution in [-0.2, 0) is 4.79 Å². The fourth-order valence-electron chi connectivity index (χ4n) is 1.58. The summed E-state index contributed by atoms with van der Waals surface area (Å²) in [5, 5.41) is 0. The molecule has 1 heterocycles. The SMILES string of the molecule is CC(C)C(N)C(=O)N(C)C(C)c1ccncc1. The number of rotatable bonds is 4. The second kappa shape index (κ2) is 5.77. The first-order valence-corrected chi connectivity index (χ1v) is 5.87. The molecule has 1 rings (SSSR count). The maximum atomic E-state index is 12.1. The van der Waals surface area contributed by atoms with Crippen molar-refractivity contribution in [3.05, 3.63) is 30.1 Å². The third-order valence-corrected chi connectivity index (χ3v) is 3.12. The molecule has 17 heavy (non-hydrogen) atoms. The maximum Gasteiger partial charge on any atom is 0.239 e. The molecule has 94 valence electrons. The van der Waals surface area contributed by atoms with Gasteiger partial charge in [0.2, 0.25) is 5.91 Å². The Labute approximate surface area is 103 Å². The van der Waals surface area contributed by atoms with Crippen LogP contribution in [0.1, 0.15) is 32.4 Å². The van der Waals surface area contributed by atoms with Crippen LogP contribution in [0, 0.1) is 5.92 Å². The Morgan fingerprint density at radius 3 is 2.29 bits per heavy atom. The summed E-state index contributed by atoms with van der Waals surface area (Å²) in [6, 6.07) is 3.39. The fraction of sp³-hybridized carbons (Fsp3) is 0.538. The number of aromatic nitrogens is 1. The first-order chi connectivity index (χ1) is 7.95. The number of carbonyl (C=O) groups excluding carboxylic acids is 1. The quantitative estimate of drug-likeness (QED) is 0.862. The van der Waals surface area contributed by atoms with E-state index in [4.69, 9.17) is 5.73 Å². The Morgan fingerprint density at radius 1 is 1.29 bits per heavy atom. The summed E-state index contributed by atoms with van der Waals surface area (Å²) in [7, 11) is 1.79. The van der Waals surface area contributed by atoms with Crippen LogP contribution in [0.2, 0.25) is 0 Å². The van der Waals surface area contributed by atoms with E-state index in [0.29, 0.717) is 0 Å². The number of likely N-dealkylation sites (N-methyl/N-ethyl adjacent to an activating group) is 1. The van der Waals surface area contributed by atoms with Crippen LogP contribution >= 0.6 is 0 Å². The summed E-state index contributed by atoms with van der Waals surface area (Å²) in [4.78, 5) is 17.7. The van der Waals surface area contributed by atoms with Gasteiger partial charge in [-0.15, -0.1) is 0 Å². The van der Waals surface area contributed by atoms with Gasteiger partial charge in [-0.25, -0.2) is 0 Å². The van der Waals surface area contributed by atoms with Gasteiger partial charge in [0.05, 0.1) is 12.1 Å². The molecule has 0 saturated heterocycles. The number of pyridine rings is 1. The highest BCUT2D eigenvalue weighted by molar-refractivity contribution is 5.82. The van der Waals surface area contributed by atoms with Gasteiger partial charge < -0.3 is 10.6 Å². The van der Waals surface area contributed by atoms with E-state index in [2.05, 4.69) is 4.98 Å². The van der Waals surface area contributed by atoms with Crippen molar-refractivity contribution in [3.8, 4) is 0 Å². The van der Waals surface area contributed by atoms with Crippen LogP contribution in [-0.4, -0.2) is 28.9 Å². The molecule has 4 nitrogen and oxygen atoms in total. The average molecular weight is 235 g/mol. The molecule has 1 aromatic rings. The van der Waals surface area contributed by atoms with Crippen LogP contribution in [0.3, 0.4) is 0 Å². The molecule has 0 aliphatic rings. The van der Waals surface area contributed by atoms with Gasteiger partial charge >= 0.3 is 0 Å². The van der Waals surface area contributed by atoms with Crippen LogP contribution in [0.25, 0.3) is 0 Å². The first kappa shape index (κ1) is 13.6. The molecule has 0 aliphatic heterocycles. The maximum absolute atomic E-state index is 12.1. The molecule has 0 spiro atoms. The fourth-order valence-corrected chi connectivity index (χ4v) is 1.58. The highest BCUT2D eigenvalue weighted by Crippen LogP contribution is 2.19. The average Bonchev–Trinajstić information content (AvgIpc) is 2.36. The zero-order valence-corrected chi connectivity index (χ0v) is 10.9. The molecule has 0 fully saturated rings. The normalized spacial score (nSPS) is 14.5. The third kappa shape index (κ3) is 3.27. The smallest absolute Gasteiger partial charge is 0.239 e. The van der Waals surface area contributed by atoms with Crippen molar-refractivity contribution in [3.63, 3.8) is 0 Å². The molecule has 1 aromatic heterocycles. The van der Waals surface area contributed by atoms with Gasteiger partial charge in [-0.1, -0.05) is 13.8 Å². The van der Waals surface area contributed by atoms with Crippen LogP contribution < -0.4 is 5.73 Å². The molecule has 0 aliphatic carbocycles. The van der Waals surface area contributed by atoms with Crippen molar-refractivity contribution in [2.75, 3.05) is 7.05 Å². The molecule has 0 aromatic carbocycles. The first-order valence-electron chi connectivity index (χ1n) is 5.87. The van der Waals surface area contributed by atoms with E-state index in [0.717, 1.165) is 5.56 Å². The van der Waals surface area contributed by atoms with Crippen molar-refractivity contribution >= 4 is 5.91 Å². The van der Waals surface area contributed by atoms with Gasteiger partial charge in [0.1, 0.15) is 0 Å². The molecule has 1 amide bonds. The zero-order valence-electron chi connectivity index (χ0n) is 10.9. The van der Waals surface area contributed by atoms with E-state index in [1.807, 2.05) is 32.9 Å². The standard InChI is InChI=1S/C13H21N3O/c1-9(2)12(14)13(17)16(4)10(3)11-5-7-15-8-6-11/h5-10,12H,14H2,1-4H3. The molecular formula is C13H21N3O. The predicted molar refractivity (Wildman–Crippen MR) is 68.2 cm³/mol. The van der Waals surface area contributed by atoms with Crippen molar-refractivity contribution in [1.82, 2.24) is 9.88 Å². The minimum atomic E-state index is -0.440. The Kier molecular flexibility index (Phi) is 4.63. The largest absolute Gasteiger partial charge is 0.338 e. The van der Waals surface area contributed by atoms with Gasteiger partial charge in [-0.05, 0) is 30.5 Å². The second-order valence-electron chi connectivity index (χ2n) is 4.68. The minimum Gasteiger partial charge on any atom is -0.338 e. The number of nitrogens with zero attached hydrogens (tertiary/aromatic N) is 2. The van der Waals surface area contributed by atoms with Gasteiger partial charge in [-0.3, -0.25) is 9.78 Å². The summed E-state index contributed by atoms with van der Waals surface area (Å²) in [5.41, 5.74) is 6.94. The Hall–Kier alpha value is -1.42. The van der Waals surface area contributed by atoms with Crippen molar-refractivity contribution in [2.24, 2.45) is 11.7 Å². The summed E-state index contributed by atoms with van der Waals surface area (Å²) >= 11 is 0. The highest BCUT2D eigenvalue weighted by atomic mass is 16.2. The lowest BCUT2D eigenvalue weighted by Crippen LogP contribution is -2.45. The van der Waals surface area contributed by atoms with Crippen LogP contribution in [0.5, 0.6) is 0 Å². The number of carbonyl (C=O) groups is 1. The van der Waals surface area contributed by atoms with E-state index in [9.17, 15) is 4.79 Å². The summed E-state index contributed by atoms with van der Waals surface area (Å²) in [6.45, 7) is 5.89. The lowest BCUT2D eigenvalue weighted by molar-refractivity contribution is -0.134. The molecule has 2 N–H and O–H groups in total. The summed E-state index contributed by atoms with van der Waals surface area (Å²) < 4.78 is 0. The number of hydrogen-bond donors (Lipinski definition) is 1. The van der Waals surface area contributed by atoms with Crippen molar-refractivity contribution in [2.45, 2.75) is 32.9 Å². The molecule has 0 radical (unpaired) electrons. The Bertz CT molecular complexity index is 364. The second-order valence-corrected chi connectivity index (χ2v) is 4.68. The van der Waals surface area contributed by atoms with Crippen LogP contribution in [0.15, 0.2) is 24.5 Å².